The Bertz CT molecular complexity index is 1140. The number of hydrogen-bond acceptors (Lipinski definition) is 6. The van der Waals surface area contributed by atoms with Crippen LogP contribution in [0.4, 0.5) is 5.69 Å². The Morgan fingerprint density at radius 3 is 2.73 bits per heavy atom. The Morgan fingerprint density at radius 1 is 1.23 bits per heavy atom. The van der Waals surface area contributed by atoms with Crippen molar-refractivity contribution in [2.24, 2.45) is 10.1 Å². The van der Waals surface area contributed by atoms with Crippen molar-refractivity contribution in [1.82, 2.24) is 4.68 Å². The first-order valence-corrected chi connectivity index (χ1v) is 11.9. The predicted molar refractivity (Wildman–Crippen MR) is 124 cm³/mol. The minimum absolute atomic E-state index is 0.118. The van der Waals surface area contributed by atoms with Crippen molar-refractivity contribution >= 4 is 45.7 Å². The van der Waals surface area contributed by atoms with Crippen molar-refractivity contribution in [3.8, 4) is 10.6 Å². The average molecular weight is 461 g/mol. The maximum absolute atomic E-state index is 11.3. The Balaban J connectivity index is 1.80. The van der Waals surface area contributed by atoms with Crippen molar-refractivity contribution < 1.29 is 4.92 Å². The SMILES string of the molecule is CC(=Nn1c(-c2cccs2)csc1=NC1CCCCC1)c1ccc(Cl)c([N+](=O)[O-])c1. The van der Waals surface area contributed by atoms with E-state index in [0.29, 0.717) is 17.3 Å². The summed E-state index contributed by atoms with van der Waals surface area (Å²) >= 11 is 9.20. The number of hydrogen-bond donors (Lipinski definition) is 0. The van der Waals surface area contributed by atoms with Crippen LogP contribution in [0.1, 0.15) is 44.6 Å². The third kappa shape index (κ3) is 4.55. The number of halogens is 1. The van der Waals surface area contributed by atoms with Crippen LogP contribution in [0.25, 0.3) is 10.6 Å². The molecular formula is C21H21ClN4O2S2. The highest BCUT2D eigenvalue weighted by Gasteiger charge is 2.16. The van der Waals surface area contributed by atoms with Crippen molar-refractivity contribution in [3.63, 3.8) is 0 Å². The summed E-state index contributed by atoms with van der Waals surface area (Å²) in [6.07, 6.45) is 5.93. The van der Waals surface area contributed by atoms with E-state index in [1.807, 2.05) is 23.0 Å². The number of nitro benzene ring substituents is 1. The summed E-state index contributed by atoms with van der Waals surface area (Å²) in [6.45, 7) is 1.85. The fraction of sp³-hybridized carbons (Fsp3) is 0.333. The Labute approximate surface area is 187 Å². The van der Waals surface area contributed by atoms with E-state index in [2.05, 4.69) is 11.4 Å². The second-order valence-corrected chi connectivity index (χ2v) is 9.41. The lowest BCUT2D eigenvalue weighted by molar-refractivity contribution is -0.384. The van der Waals surface area contributed by atoms with Crippen molar-refractivity contribution in [2.75, 3.05) is 0 Å². The molecule has 1 aliphatic rings. The van der Waals surface area contributed by atoms with Crippen LogP contribution in [0.15, 0.2) is 51.2 Å². The van der Waals surface area contributed by atoms with Gasteiger partial charge in [0.1, 0.15) is 5.02 Å². The number of thiazole rings is 1. The first-order chi connectivity index (χ1) is 14.5. The van der Waals surface area contributed by atoms with E-state index in [9.17, 15) is 10.1 Å². The lowest BCUT2D eigenvalue weighted by Gasteiger charge is -2.16. The normalized spacial score (nSPS) is 16.2. The smallest absolute Gasteiger partial charge is 0.258 e. The summed E-state index contributed by atoms with van der Waals surface area (Å²) in [5.41, 5.74) is 2.18. The molecule has 0 saturated heterocycles. The van der Waals surface area contributed by atoms with Gasteiger partial charge in [-0.25, -0.2) is 4.68 Å². The zero-order valence-corrected chi connectivity index (χ0v) is 18.8. The quantitative estimate of drug-likeness (QED) is 0.253. The van der Waals surface area contributed by atoms with Crippen LogP contribution in [-0.2, 0) is 0 Å². The molecule has 0 aliphatic heterocycles. The van der Waals surface area contributed by atoms with Crippen LogP contribution in [0, 0.1) is 10.1 Å². The molecule has 0 spiro atoms. The molecule has 0 N–H and O–H groups in total. The van der Waals surface area contributed by atoms with Crippen molar-refractivity contribution in [2.45, 2.75) is 45.1 Å². The molecule has 1 fully saturated rings. The van der Waals surface area contributed by atoms with Gasteiger partial charge in [0, 0.05) is 17.0 Å². The zero-order valence-electron chi connectivity index (χ0n) is 16.5. The van der Waals surface area contributed by atoms with E-state index in [1.165, 1.54) is 25.3 Å². The van der Waals surface area contributed by atoms with E-state index < -0.39 is 4.92 Å². The fourth-order valence-electron chi connectivity index (χ4n) is 3.53. The maximum atomic E-state index is 11.3. The molecule has 2 aromatic heterocycles. The predicted octanol–water partition coefficient (Wildman–Crippen LogP) is 6.35. The fourth-order valence-corrected chi connectivity index (χ4v) is 5.41. The van der Waals surface area contributed by atoms with Crippen molar-refractivity contribution in [3.05, 3.63) is 66.6 Å². The molecule has 0 amide bonds. The Morgan fingerprint density at radius 2 is 2.03 bits per heavy atom. The van der Waals surface area contributed by atoms with Gasteiger partial charge in [-0.2, -0.15) is 5.10 Å². The van der Waals surface area contributed by atoms with E-state index in [-0.39, 0.29) is 10.7 Å². The van der Waals surface area contributed by atoms with Crippen LogP contribution in [0.3, 0.4) is 0 Å². The first-order valence-electron chi connectivity index (χ1n) is 9.81. The molecular weight excluding hydrogens is 440 g/mol. The van der Waals surface area contributed by atoms with Gasteiger partial charge in [-0.3, -0.25) is 15.1 Å². The minimum Gasteiger partial charge on any atom is -0.258 e. The van der Waals surface area contributed by atoms with Crippen LogP contribution in [0.2, 0.25) is 5.02 Å². The van der Waals surface area contributed by atoms with Crippen LogP contribution < -0.4 is 4.80 Å². The lowest BCUT2D eigenvalue weighted by Crippen LogP contribution is -2.19. The summed E-state index contributed by atoms with van der Waals surface area (Å²) in [6, 6.07) is 9.16. The van der Waals surface area contributed by atoms with E-state index in [4.69, 9.17) is 21.7 Å². The molecule has 0 atom stereocenters. The monoisotopic (exact) mass is 460 g/mol. The third-order valence-corrected chi connectivity index (χ3v) is 7.18. The molecule has 1 saturated carbocycles. The topological polar surface area (TPSA) is 72.8 Å². The number of aromatic nitrogens is 1. The van der Waals surface area contributed by atoms with Gasteiger partial charge in [-0.15, -0.1) is 22.7 Å². The second-order valence-electron chi connectivity index (χ2n) is 7.22. The van der Waals surface area contributed by atoms with E-state index >= 15 is 0 Å². The molecule has 2 heterocycles. The average Bonchev–Trinajstić information content (AvgIpc) is 3.39. The molecule has 0 bridgehead atoms. The molecule has 1 aliphatic carbocycles. The van der Waals surface area contributed by atoms with Crippen molar-refractivity contribution in [1.29, 1.82) is 0 Å². The van der Waals surface area contributed by atoms with Crippen LogP contribution >= 0.6 is 34.3 Å². The second kappa shape index (κ2) is 9.24. The van der Waals surface area contributed by atoms with Gasteiger partial charge < -0.3 is 0 Å². The Kier molecular flexibility index (Phi) is 6.46. The molecule has 156 valence electrons. The van der Waals surface area contributed by atoms with Gasteiger partial charge in [0.05, 0.1) is 27.2 Å². The standard InChI is InChI=1S/C21H21ClN4O2S2/c1-14(15-9-10-17(22)18(12-15)26(27)28)24-25-19(20-8-5-11-29-20)13-30-21(25)23-16-6-3-2-4-7-16/h5,8-13,16H,2-4,6-7H2,1H3. The number of thiophene rings is 1. The number of nitrogens with zero attached hydrogens (tertiary/aromatic N) is 4. The maximum Gasteiger partial charge on any atom is 0.288 e. The number of rotatable bonds is 5. The minimum atomic E-state index is -0.474. The summed E-state index contributed by atoms with van der Waals surface area (Å²) in [7, 11) is 0. The third-order valence-electron chi connectivity index (χ3n) is 5.14. The van der Waals surface area contributed by atoms with E-state index in [1.54, 1.807) is 34.8 Å². The highest BCUT2D eigenvalue weighted by atomic mass is 35.5. The molecule has 0 unspecified atom stereocenters. The van der Waals surface area contributed by atoms with E-state index in [0.717, 1.165) is 28.2 Å². The summed E-state index contributed by atoms with van der Waals surface area (Å²) in [5.74, 6) is 0. The Hall–Kier alpha value is -2.29. The molecule has 9 heteroatoms. The summed E-state index contributed by atoms with van der Waals surface area (Å²) < 4.78 is 1.88. The van der Waals surface area contributed by atoms with Crippen LogP contribution in [-0.4, -0.2) is 21.4 Å². The number of benzene rings is 1. The molecule has 1 aromatic carbocycles. The molecule has 3 aromatic rings. The summed E-state index contributed by atoms with van der Waals surface area (Å²) in [4.78, 5) is 17.8. The highest BCUT2D eigenvalue weighted by molar-refractivity contribution is 7.14. The molecule has 0 radical (unpaired) electrons. The zero-order chi connectivity index (χ0) is 21.1. The largest absolute Gasteiger partial charge is 0.288 e. The van der Waals surface area contributed by atoms with Gasteiger partial charge in [-0.1, -0.05) is 43.0 Å². The summed E-state index contributed by atoms with van der Waals surface area (Å²) in [5, 5.41) is 20.3. The van der Waals surface area contributed by atoms with Gasteiger partial charge in [0.15, 0.2) is 0 Å². The molecule has 30 heavy (non-hydrogen) atoms. The lowest BCUT2D eigenvalue weighted by atomic mass is 9.96. The number of nitro groups is 1. The highest BCUT2D eigenvalue weighted by Crippen LogP contribution is 2.28. The first kappa shape index (κ1) is 21.0. The van der Waals surface area contributed by atoms with Gasteiger partial charge in [0.25, 0.3) is 5.69 Å². The van der Waals surface area contributed by atoms with Crippen LogP contribution in [0.5, 0.6) is 0 Å². The molecule has 4 rings (SSSR count). The van der Waals surface area contributed by atoms with Gasteiger partial charge in [-0.05, 0) is 37.3 Å². The molecule has 6 nitrogen and oxygen atoms in total. The van der Waals surface area contributed by atoms with Gasteiger partial charge in [0.2, 0.25) is 4.80 Å². The van der Waals surface area contributed by atoms with Gasteiger partial charge >= 0.3 is 0 Å².